The second-order valence-electron chi connectivity index (χ2n) is 3.50. The van der Waals surface area contributed by atoms with Gasteiger partial charge in [-0.1, -0.05) is 6.92 Å². The Kier molecular flexibility index (Phi) is 5.42. The number of nitrogens with zero attached hydrogens (tertiary/aromatic N) is 1. The van der Waals surface area contributed by atoms with E-state index in [0.717, 1.165) is 4.47 Å². The normalized spacial score (nSPS) is 12.2. The van der Waals surface area contributed by atoms with Crippen LogP contribution in [0.3, 0.4) is 0 Å². The monoisotopic (exact) mass is 286 g/mol. The Balaban J connectivity index is 2.41. The molecule has 16 heavy (non-hydrogen) atoms. The highest BCUT2D eigenvalue weighted by molar-refractivity contribution is 9.10. The van der Waals surface area contributed by atoms with E-state index in [9.17, 15) is 9.90 Å². The van der Waals surface area contributed by atoms with E-state index in [1.54, 1.807) is 12.3 Å². The average Bonchev–Trinajstić information content (AvgIpc) is 2.28. The number of hydrogen-bond acceptors (Lipinski definition) is 3. The molecule has 0 radical (unpaired) electrons. The second-order valence-corrected chi connectivity index (χ2v) is 4.41. The van der Waals surface area contributed by atoms with Crippen molar-refractivity contribution in [2.24, 2.45) is 0 Å². The number of hydrogen-bond donors (Lipinski definition) is 2. The van der Waals surface area contributed by atoms with E-state index in [-0.39, 0.29) is 12.0 Å². The zero-order chi connectivity index (χ0) is 12.0. The molecule has 1 heterocycles. The van der Waals surface area contributed by atoms with Crippen LogP contribution in [-0.4, -0.2) is 28.6 Å². The van der Waals surface area contributed by atoms with Crippen molar-refractivity contribution in [3.05, 3.63) is 28.5 Å². The lowest BCUT2D eigenvalue weighted by molar-refractivity contribution is 0.0941. The predicted octanol–water partition coefficient (Wildman–Crippen LogP) is 1.73. The molecule has 0 spiro atoms. The summed E-state index contributed by atoms with van der Waals surface area (Å²) in [6.07, 6.45) is 4.06. The maximum Gasteiger partial charge on any atom is 0.252 e. The number of aromatic nitrogens is 1. The third-order valence-corrected chi connectivity index (χ3v) is 2.64. The summed E-state index contributed by atoms with van der Waals surface area (Å²) in [5, 5.41) is 12.0. The van der Waals surface area contributed by atoms with Crippen molar-refractivity contribution >= 4 is 21.8 Å². The van der Waals surface area contributed by atoms with Gasteiger partial charge in [0.2, 0.25) is 0 Å². The van der Waals surface area contributed by atoms with E-state index in [2.05, 4.69) is 26.2 Å². The highest BCUT2D eigenvalue weighted by Crippen LogP contribution is 2.09. The first-order valence-electron chi connectivity index (χ1n) is 5.20. The predicted molar refractivity (Wildman–Crippen MR) is 65.2 cm³/mol. The number of amides is 1. The van der Waals surface area contributed by atoms with Gasteiger partial charge in [0.15, 0.2) is 0 Å². The van der Waals surface area contributed by atoms with Crippen LogP contribution in [0.1, 0.15) is 30.1 Å². The number of carbonyl (C=O) groups excluding carboxylic acids is 1. The van der Waals surface area contributed by atoms with Crippen LogP contribution in [0.2, 0.25) is 0 Å². The van der Waals surface area contributed by atoms with Gasteiger partial charge in [0.1, 0.15) is 0 Å². The first-order chi connectivity index (χ1) is 7.63. The van der Waals surface area contributed by atoms with E-state index >= 15 is 0 Å². The quantitative estimate of drug-likeness (QED) is 0.867. The zero-order valence-corrected chi connectivity index (χ0v) is 10.7. The lowest BCUT2D eigenvalue weighted by Gasteiger charge is -2.08. The van der Waals surface area contributed by atoms with Crippen molar-refractivity contribution in [2.75, 3.05) is 6.54 Å². The molecule has 1 unspecified atom stereocenters. The van der Waals surface area contributed by atoms with Gasteiger partial charge in [-0.25, -0.2) is 0 Å². The number of aliphatic hydroxyl groups is 1. The van der Waals surface area contributed by atoms with E-state index in [0.29, 0.717) is 24.9 Å². The molecule has 1 rings (SSSR count). The van der Waals surface area contributed by atoms with Crippen molar-refractivity contribution in [3.8, 4) is 0 Å². The van der Waals surface area contributed by atoms with Crippen LogP contribution in [0.4, 0.5) is 0 Å². The molecule has 88 valence electrons. The number of nitrogens with one attached hydrogen (secondary N) is 1. The molecule has 0 aliphatic carbocycles. The number of halogens is 1. The summed E-state index contributed by atoms with van der Waals surface area (Å²) in [6, 6.07) is 1.71. The van der Waals surface area contributed by atoms with Crippen LogP contribution < -0.4 is 5.32 Å². The topological polar surface area (TPSA) is 62.2 Å². The maximum absolute atomic E-state index is 11.6. The summed E-state index contributed by atoms with van der Waals surface area (Å²) in [4.78, 5) is 15.5. The van der Waals surface area contributed by atoms with E-state index in [1.165, 1.54) is 6.20 Å². The maximum atomic E-state index is 11.6. The fraction of sp³-hybridized carbons (Fsp3) is 0.455. The van der Waals surface area contributed by atoms with Crippen molar-refractivity contribution < 1.29 is 9.90 Å². The van der Waals surface area contributed by atoms with Gasteiger partial charge in [-0.15, -0.1) is 0 Å². The second kappa shape index (κ2) is 6.60. The van der Waals surface area contributed by atoms with Crippen molar-refractivity contribution in [1.29, 1.82) is 0 Å². The fourth-order valence-electron chi connectivity index (χ4n) is 1.19. The molecule has 0 saturated carbocycles. The zero-order valence-electron chi connectivity index (χ0n) is 9.11. The molecule has 1 aromatic rings. The molecular weight excluding hydrogens is 272 g/mol. The molecule has 1 aromatic heterocycles. The number of pyridine rings is 1. The Morgan fingerprint density at radius 2 is 2.38 bits per heavy atom. The molecule has 0 aliphatic rings. The molecule has 0 bridgehead atoms. The van der Waals surface area contributed by atoms with Crippen LogP contribution in [0.5, 0.6) is 0 Å². The summed E-state index contributed by atoms with van der Waals surface area (Å²) in [6.45, 7) is 2.38. The van der Waals surface area contributed by atoms with Gasteiger partial charge in [-0.05, 0) is 34.8 Å². The summed E-state index contributed by atoms with van der Waals surface area (Å²) in [7, 11) is 0. The average molecular weight is 287 g/mol. The fourth-order valence-corrected chi connectivity index (χ4v) is 1.56. The lowest BCUT2D eigenvalue weighted by atomic mass is 10.2. The van der Waals surface area contributed by atoms with E-state index < -0.39 is 0 Å². The standard InChI is InChI=1S/C11H15BrN2O2/c1-2-10(15)3-4-14-11(16)8-5-9(12)7-13-6-8/h5-7,10,15H,2-4H2,1H3,(H,14,16). The van der Waals surface area contributed by atoms with Gasteiger partial charge in [-0.3, -0.25) is 9.78 Å². The van der Waals surface area contributed by atoms with Crippen LogP contribution in [-0.2, 0) is 0 Å². The Morgan fingerprint density at radius 1 is 1.62 bits per heavy atom. The van der Waals surface area contributed by atoms with Gasteiger partial charge in [0, 0.05) is 23.4 Å². The highest BCUT2D eigenvalue weighted by atomic mass is 79.9. The Labute approximate surface area is 103 Å². The molecule has 1 atom stereocenters. The molecule has 4 nitrogen and oxygen atoms in total. The van der Waals surface area contributed by atoms with Gasteiger partial charge >= 0.3 is 0 Å². The van der Waals surface area contributed by atoms with Gasteiger partial charge in [-0.2, -0.15) is 0 Å². The van der Waals surface area contributed by atoms with Crippen molar-refractivity contribution in [1.82, 2.24) is 10.3 Å². The minimum atomic E-state index is -0.346. The van der Waals surface area contributed by atoms with Crippen molar-refractivity contribution in [3.63, 3.8) is 0 Å². The number of aliphatic hydroxyl groups excluding tert-OH is 1. The molecule has 0 fully saturated rings. The highest BCUT2D eigenvalue weighted by Gasteiger charge is 2.07. The molecule has 0 saturated heterocycles. The summed E-state index contributed by atoms with van der Waals surface area (Å²) in [5.74, 6) is -0.169. The SMILES string of the molecule is CCC(O)CCNC(=O)c1cncc(Br)c1. The molecule has 1 amide bonds. The first kappa shape index (κ1) is 13.1. The van der Waals surface area contributed by atoms with Crippen LogP contribution in [0.25, 0.3) is 0 Å². The summed E-state index contributed by atoms with van der Waals surface area (Å²) >= 11 is 3.25. The summed E-state index contributed by atoms with van der Waals surface area (Å²) in [5.41, 5.74) is 0.514. The van der Waals surface area contributed by atoms with Crippen molar-refractivity contribution in [2.45, 2.75) is 25.9 Å². The Bertz CT molecular complexity index is 358. The van der Waals surface area contributed by atoms with Crippen LogP contribution >= 0.6 is 15.9 Å². The number of carbonyl (C=O) groups is 1. The van der Waals surface area contributed by atoms with E-state index in [1.807, 2.05) is 6.92 Å². The minimum Gasteiger partial charge on any atom is -0.393 e. The molecule has 5 heteroatoms. The van der Waals surface area contributed by atoms with Crippen LogP contribution in [0.15, 0.2) is 22.9 Å². The lowest BCUT2D eigenvalue weighted by Crippen LogP contribution is -2.27. The molecule has 0 aromatic carbocycles. The first-order valence-corrected chi connectivity index (χ1v) is 5.99. The molecular formula is C11H15BrN2O2. The number of rotatable bonds is 5. The van der Waals surface area contributed by atoms with Gasteiger partial charge in [0.25, 0.3) is 5.91 Å². The van der Waals surface area contributed by atoms with Gasteiger partial charge < -0.3 is 10.4 Å². The summed E-state index contributed by atoms with van der Waals surface area (Å²) < 4.78 is 0.772. The minimum absolute atomic E-state index is 0.169. The largest absolute Gasteiger partial charge is 0.393 e. The smallest absolute Gasteiger partial charge is 0.252 e. The Hall–Kier alpha value is -0.940. The third kappa shape index (κ3) is 4.28. The van der Waals surface area contributed by atoms with Gasteiger partial charge in [0.05, 0.1) is 11.7 Å². The van der Waals surface area contributed by atoms with Crippen LogP contribution in [0, 0.1) is 0 Å². The Morgan fingerprint density at radius 3 is 3.00 bits per heavy atom. The molecule has 2 N–H and O–H groups in total. The van der Waals surface area contributed by atoms with E-state index in [4.69, 9.17) is 0 Å². The third-order valence-electron chi connectivity index (χ3n) is 2.20. The molecule has 0 aliphatic heterocycles.